The van der Waals surface area contributed by atoms with Gasteiger partial charge in [0.2, 0.25) is 0 Å². The minimum atomic E-state index is -4.34. The quantitative estimate of drug-likeness (QED) is 0.751. The molecule has 0 heterocycles. The van der Waals surface area contributed by atoms with Crippen molar-refractivity contribution in [2.75, 3.05) is 27.2 Å². The molecule has 0 saturated heterocycles. The van der Waals surface area contributed by atoms with E-state index in [-0.39, 0.29) is 18.4 Å². The van der Waals surface area contributed by atoms with E-state index in [1.807, 2.05) is 38.1 Å². The monoisotopic (exact) mass is 364 g/mol. The summed E-state index contributed by atoms with van der Waals surface area (Å²) in [5, 5.41) is 3.11. The van der Waals surface area contributed by atoms with Gasteiger partial charge in [0.1, 0.15) is 0 Å². The Bertz CT molecular complexity index is 722. The van der Waals surface area contributed by atoms with Gasteiger partial charge in [-0.1, -0.05) is 42.0 Å². The summed E-state index contributed by atoms with van der Waals surface area (Å²) in [5.74, 6) is -0.0186. The fourth-order valence-electron chi connectivity index (χ4n) is 2.66. The Kier molecular flexibility index (Phi) is 6.56. The number of hydrogen-bond donors (Lipinski definition) is 1. The highest BCUT2D eigenvalue weighted by molar-refractivity contribution is 5.97. The first-order valence-corrected chi connectivity index (χ1v) is 8.32. The van der Waals surface area contributed by atoms with Crippen LogP contribution in [0, 0.1) is 6.92 Å². The van der Waals surface area contributed by atoms with Crippen LogP contribution in [0.2, 0.25) is 0 Å². The van der Waals surface area contributed by atoms with Crippen LogP contribution in [-0.4, -0.2) is 37.9 Å². The molecule has 0 bridgehead atoms. The zero-order valence-electron chi connectivity index (χ0n) is 15.1. The predicted molar refractivity (Wildman–Crippen MR) is 96.3 cm³/mol. The number of ketones is 1. The summed E-state index contributed by atoms with van der Waals surface area (Å²) >= 11 is 0. The van der Waals surface area contributed by atoms with Gasteiger partial charge in [-0.05, 0) is 38.7 Å². The van der Waals surface area contributed by atoms with E-state index in [1.54, 1.807) is 12.1 Å². The van der Waals surface area contributed by atoms with Gasteiger partial charge in [0.15, 0.2) is 5.78 Å². The molecule has 0 amide bonds. The highest BCUT2D eigenvalue weighted by Gasteiger charge is 2.30. The van der Waals surface area contributed by atoms with E-state index in [2.05, 4.69) is 5.32 Å². The number of hydrogen-bond acceptors (Lipinski definition) is 3. The van der Waals surface area contributed by atoms with E-state index in [1.165, 1.54) is 12.1 Å². The van der Waals surface area contributed by atoms with Crippen molar-refractivity contribution in [1.29, 1.82) is 0 Å². The summed E-state index contributed by atoms with van der Waals surface area (Å²) in [6.45, 7) is 2.59. The summed E-state index contributed by atoms with van der Waals surface area (Å²) in [6, 6.07) is 12.4. The van der Waals surface area contributed by atoms with Crippen molar-refractivity contribution < 1.29 is 18.0 Å². The Morgan fingerprint density at radius 3 is 2.12 bits per heavy atom. The van der Waals surface area contributed by atoms with E-state index in [0.29, 0.717) is 12.1 Å². The van der Waals surface area contributed by atoms with Gasteiger partial charge < -0.3 is 10.2 Å². The van der Waals surface area contributed by atoms with E-state index >= 15 is 0 Å². The van der Waals surface area contributed by atoms with Crippen molar-refractivity contribution in [3.63, 3.8) is 0 Å². The minimum absolute atomic E-state index is 0.0186. The van der Waals surface area contributed by atoms with Gasteiger partial charge in [-0.3, -0.25) is 4.79 Å². The zero-order chi connectivity index (χ0) is 19.3. The Labute approximate surface area is 151 Å². The number of benzene rings is 2. The third kappa shape index (κ3) is 5.41. The number of halogens is 3. The average molecular weight is 364 g/mol. The maximum absolute atomic E-state index is 12.7. The van der Waals surface area contributed by atoms with Crippen LogP contribution in [0.25, 0.3) is 0 Å². The van der Waals surface area contributed by atoms with Crippen LogP contribution >= 0.6 is 0 Å². The number of aryl methyl sites for hydroxylation is 1. The van der Waals surface area contributed by atoms with Crippen molar-refractivity contribution in [2.45, 2.75) is 19.1 Å². The molecule has 0 radical (unpaired) electrons. The average Bonchev–Trinajstić information content (AvgIpc) is 2.58. The standard InChI is InChI=1S/C20H23F3N2O/c1-14-4-6-16(7-5-14)19(26)13-24-12-18(25(2)3)15-8-10-17(11-9-15)20(21,22)23/h4-11,18,24H,12-13H2,1-3H3. The highest BCUT2D eigenvalue weighted by Crippen LogP contribution is 2.30. The molecule has 2 aromatic carbocycles. The van der Waals surface area contributed by atoms with Gasteiger partial charge >= 0.3 is 6.18 Å². The molecule has 0 fully saturated rings. The largest absolute Gasteiger partial charge is 0.416 e. The molecule has 1 unspecified atom stereocenters. The Morgan fingerprint density at radius 2 is 1.62 bits per heavy atom. The number of carbonyl (C=O) groups is 1. The Hall–Kier alpha value is -2.18. The predicted octanol–water partition coefficient (Wildman–Crippen LogP) is 4.09. The molecular weight excluding hydrogens is 341 g/mol. The number of carbonyl (C=O) groups excluding carboxylic acids is 1. The smallest absolute Gasteiger partial charge is 0.308 e. The van der Waals surface area contributed by atoms with Gasteiger partial charge in [-0.25, -0.2) is 0 Å². The molecule has 0 aliphatic rings. The van der Waals surface area contributed by atoms with E-state index < -0.39 is 11.7 Å². The van der Waals surface area contributed by atoms with Gasteiger partial charge in [0.05, 0.1) is 12.1 Å². The van der Waals surface area contributed by atoms with Crippen LogP contribution in [0.4, 0.5) is 13.2 Å². The first-order valence-electron chi connectivity index (χ1n) is 8.32. The number of alkyl halides is 3. The summed E-state index contributed by atoms with van der Waals surface area (Å²) < 4.78 is 38.1. The van der Waals surface area contributed by atoms with E-state index in [9.17, 15) is 18.0 Å². The number of Topliss-reactive ketones (excluding diaryl/α,β-unsaturated/α-hetero) is 1. The highest BCUT2D eigenvalue weighted by atomic mass is 19.4. The summed E-state index contributed by atoms with van der Waals surface area (Å²) in [7, 11) is 3.71. The van der Waals surface area contributed by atoms with Gasteiger partial charge in [-0.15, -0.1) is 0 Å². The molecule has 0 spiro atoms. The summed E-state index contributed by atoms with van der Waals surface area (Å²) in [4.78, 5) is 14.1. The Morgan fingerprint density at radius 1 is 1.04 bits per heavy atom. The molecule has 2 aromatic rings. The second kappa shape index (κ2) is 8.47. The van der Waals surface area contributed by atoms with Crippen molar-refractivity contribution in [3.8, 4) is 0 Å². The van der Waals surface area contributed by atoms with Crippen molar-refractivity contribution in [2.24, 2.45) is 0 Å². The molecular formula is C20H23F3N2O. The summed E-state index contributed by atoms with van der Waals surface area (Å²) in [5.41, 5.74) is 1.82. The Balaban J connectivity index is 1.98. The summed E-state index contributed by atoms with van der Waals surface area (Å²) in [6.07, 6.45) is -4.34. The van der Waals surface area contributed by atoms with Crippen LogP contribution in [0.1, 0.15) is 33.1 Å². The lowest BCUT2D eigenvalue weighted by Gasteiger charge is -2.25. The molecule has 1 N–H and O–H groups in total. The van der Waals surface area contributed by atoms with Crippen LogP contribution in [-0.2, 0) is 6.18 Å². The third-order valence-electron chi connectivity index (χ3n) is 4.24. The van der Waals surface area contributed by atoms with Crippen molar-refractivity contribution >= 4 is 5.78 Å². The van der Waals surface area contributed by atoms with Crippen LogP contribution in [0.15, 0.2) is 48.5 Å². The lowest BCUT2D eigenvalue weighted by molar-refractivity contribution is -0.137. The lowest BCUT2D eigenvalue weighted by Crippen LogP contribution is -2.33. The van der Waals surface area contributed by atoms with Gasteiger partial charge in [0.25, 0.3) is 0 Å². The minimum Gasteiger partial charge on any atom is -0.308 e. The van der Waals surface area contributed by atoms with Crippen LogP contribution in [0.5, 0.6) is 0 Å². The molecule has 26 heavy (non-hydrogen) atoms. The second-order valence-electron chi connectivity index (χ2n) is 6.52. The molecule has 0 aliphatic heterocycles. The topological polar surface area (TPSA) is 32.3 Å². The molecule has 1 atom stereocenters. The van der Waals surface area contributed by atoms with Gasteiger partial charge in [0, 0.05) is 18.2 Å². The maximum Gasteiger partial charge on any atom is 0.416 e. The first-order chi connectivity index (χ1) is 12.2. The molecule has 3 nitrogen and oxygen atoms in total. The van der Waals surface area contributed by atoms with Crippen molar-refractivity contribution in [1.82, 2.24) is 10.2 Å². The van der Waals surface area contributed by atoms with Crippen LogP contribution < -0.4 is 5.32 Å². The fourth-order valence-corrected chi connectivity index (χ4v) is 2.66. The SMILES string of the molecule is Cc1ccc(C(=O)CNCC(c2ccc(C(F)(F)F)cc2)N(C)C)cc1. The van der Waals surface area contributed by atoms with Crippen molar-refractivity contribution in [3.05, 3.63) is 70.8 Å². The molecule has 140 valence electrons. The second-order valence-corrected chi connectivity index (χ2v) is 6.52. The third-order valence-corrected chi connectivity index (χ3v) is 4.24. The number of nitrogens with zero attached hydrogens (tertiary/aromatic N) is 1. The van der Waals surface area contributed by atoms with Crippen LogP contribution in [0.3, 0.4) is 0 Å². The molecule has 0 saturated carbocycles. The number of rotatable bonds is 7. The first kappa shape index (κ1) is 20.1. The molecule has 2 rings (SSSR count). The number of nitrogens with one attached hydrogen (secondary N) is 1. The molecule has 0 aliphatic carbocycles. The normalized spacial score (nSPS) is 13.0. The number of likely N-dealkylation sites (N-methyl/N-ethyl adjacent to an activating group) is 1. The van der Waals surface area contributed by atoms with E-state index in [0.717, 1.165) is 23.3 Å². The molecule has 0 aromatic heterocycles. The zero-order valence-corrected chi connectivity index (χ0v) is 15.1. The van der Waals surface area contributed by atoms with E-state index in [4.69, 9.17) is 0 Å². The maximum atomic E-state index is 12.7. The fraction of sp³-hybridized carbons (Fsp3) is 0.350. The molecule has 6 heteroatoms. The lowest BCUT2D eigenvalue weighted by atomic mass is 10.0. The van der Waals surface area contributed by atoms with Gasteiger partial charge in [-0.2, -0.15) is 13.2 Å².